The lowest BCUT2D eigenvalue weighted by molar-refractivity contribution is -0.126. The number of imide groups is 1. The number of ether oxygens (including phenoxy) is 1. The molecule has 3 aliphatic rings. The number of carbonyl (C=O) groups excluding carboxylic acids is 2. The first kappa shape index (κ1) is 12.7. The zero-order valence-electron chi connectivity index (χ0n) is 11.1. The first-order chi connectivity index (χ1) is 9.25. The minimum atomic E-state index is -0.165. The predicted molar refractivity (Wildman–Crippen MR) is 69.1 cm³/mol. The zero-order chi connectivity index (χ0) is 13.2. The fourth-order valence-corrected chi connectivity index (χ4v) is 3.38. The van der Waals surface area contributed by atoms with Crippen LogP contribution in [-0.2, 0) is 14.3 Å². The van der Waals surface area contributed by atoms with E-state index in [2.05, 4.69) is 16.3 Å². The van der Waals surface area contributed by atoms with E-state index in [9.17, 15) is 9.59 Å². The van der Waals surface area contributed by atoms with Crippen LogP contribution in [0, 0.1) is 11.8 Å². The third kappa shape index (κ3) is 2.52. The summed E-state index contributed by atoms with van der Waals surface area (Å²) < 4.78 is 5.39. The van der Waals surface area contributed by atoms with E-state index in [1.54, 1.807) is 0 Å². The summed E-state index contributed by atoms with van der Waals surface area (Å²) in [7, 11) is 0. The van der Waals surface area contributed by atoms with Crippen molar-refractivity contribution in [3.05, 3.63) is 11.8 Å². The molecular weight excluding hydrogens is 244 g/mol. The van der Waals surface area contributed by atoms with Gasteiger partial charge in [-0.2, -0.15) is 0 Å². The monoisotopic (exact) mass is 264 g/mol. The largest absolute Gasteiger partial charge is 0.378 e. The van der Waals surface area contributed by atoms with Crippen molar-refractivity contribution in [2.45, 2.75) is 25.7 Å². The number of rotatable bonds is 2. The lowest BCUT2D eigenvalue weighted by Crippen LogP contribution is -2.41. The Morgan fingerprint density at radius 2 is 2.00 bits per heavy atom. The number of nitrogens with one attached hydrogen (secondary N) is 1. The predicted octanol–water partition coefficient (Wildman–Crippen LogP) is 0.665. The minimum Gasteiger partial charge on any atom is -0.378 e. The molecule has 104 valence electrons. The van der Waals surface area contributed by atoms with Gasteiger partial charge in [-0.3, -0.25) is 14.9 Å². The molecule has 3 rings (SSSR count). The van der Waals surface area contributed by atoms with E-state index < -0.39 is 0 Å². The number of nitrogens with zero attached hydrogens (tertiary/aromatic N) is 1. The average molecular weight is 264 g/mol. The Labute approximate surface area is 113 Å². The Morgan fingerprint density at radius 3 is 2.68 bits per heavy atom. The van der Waals surface area contributed by atoms with Crippen LogP contribution in [0.3, 0.4) is 0 Å². The molecule has 2 atom stereocenters. The molecule has 0 saturated carbocycles. The number of allylic oxidation sites excluding steroid dienone is 2. The highest BCUT2D eigenvalue weighted by molar-refractivity contribution is 6.03. The number of carbonyl (C=O) groups is 2. The standard InChI is InChI=1S/C14H20N2O3/c17-13-9-11(14(18)15-13)10-3-1-2-4-12(10)16-5-7-19-8-6-16/h4,10-11H,1-3,5-9H2,(H,15,17,18)/t10-,11+/m1/s1. The second kappa shape index (κ2) is 5.33. The fourth-order valence-electron chi connectivity index (χ4n) is 3.38. The second-order valence-corrected chi connectivity index (χ2v) is 5.49. The zero-order valence-corrected chi connectivity index (χ0v) is 11.1. The van der Waals surface area contributed by atoms with Crippen LogP contribution < -0.4 is 5.32 Å². The molecule has 19 heavy (non-hydrogen) atoms. The fraction of sp³-hybridized carbons (Fsp3) is 0.714. The number of hydrogen-bond donors (Lipinski definition) is 1. The molecule has 2 fully saturated rings. The highest BCUT2D eigenvalue weighted by Gasteiger charge is 2.40. The van der Waals surface area contributed by atoms with E-state index in [0.717, 1.165) is 45.6 Å². The first-order valence-corrected chi connectivity index (χ1v) is 7.12. The summed E-state index contributed by atoms with van der Waals surface area (Å²) in [6, 6.07) is 0. The molecule has 2 heterocycles. The molecule has 2 aliphatic heterocycles. The summed E-state index contributed by atoms with van der Waals surface area (Å²) in [6.07, 6.45) is 5.80. The highest BCUT2D eigenvalue weighted by atomic mass is 16.5. The van der Waals surface area contributed by atoms with Gasteiger partial charge in [0, 0.05) is 31.1 Å². The molecule has 0 aromatic carbocycles. The van der Waals surface area contributed by atoms with Crippen molar-refractivity contribution in [2.75, 3.05) is 26.3 Å². The van der Waals surface area contributed by atoms with E-state index in [1.807, 2.05) is 0 Å². The van der Waals surface area contributed by atoms with Crippen LogP contribution in [-0.4, -0.2) is 43.0 Å². The van der Waals surface area contributed by atoms with Gasteiger partial charge >= 0.3 is 0 Å². The summed E-state index contributed by atoms with van der Waals surface area (Å²) in [5.74, 6) is -0.168. The normalized spacial score (nSPS) is 32.2. The molecule has 0 unspecified atom stereocenters. The summed E-state index contributed by atoms with van der Waals surface area (Å²) in [5.41, 5.74) is 1.27. The lowest BCUT2D eigenvalue weighted by atomic mass is 9.80. The van der Waals surface area contributed by atoms with E-state index in [1.165, 1.54) is 5.70 Å². The Bertz CT molecular complexity index is 413. The van der Waals surface area contributed by atoms with Crippen LogP contribution in [0.5, 0.6) is 0 Å². The Hall–Kier alpha value is -1.36. The van der Waals surface area contributed by atoms with Crippen LogP contribution in [0.4, 0.5) is 0 Å². The third-order valence-corrected chi connectivity index (χ3v) is 4.32. The number of amides is 2. The van der Waals surface area contributed by atoms with E-state index in [-0.39, 0.29) is 23.7 Å². The maximum absolute atomic E-state index is 11.9. The van der Waals surface area contributed by atoms with Crippen LogP contribution in [0.25, 0.3) is 0 Å². The van der Waals surface area contributed by atoms with Crippen molar-refractivity contribution in [1.82, 2.24) is 10.2 Å². The van der Waals surface area contributed by atoms with Gasteiger partial charge in [-0.25, -0.2) is 0 Å². The quantitative estimate of drug-likeness (QED) is 0.745. The molecule has 0 bridgehead atoms. The van der Waals surface area contributed by atoms with Gasteiger partial charge in [-0.1, -0.05) is 6.08 Å². The molecule has 0 radical (unpaired) electrons. The van der Waals surface area contributed by atoms with Crippen LogP contribution in [0.2, 0.25) is 0 Å². The maximum atomic E-state index is 11.9. The summed E-state index contributed by atoms with van der Waals surface area (Å²) >= 11 is 0. The summed E-state index contributed by atoms with van der Waals surface area (Å²) in [5, 5.41) is 2.44. The van der Waals surface area contributed by atoms with Crippen LogP contribution in [0.1, 0.15) is 25.7 Å². The molecule has 5 nitrogen and oxygen atoms in total. The van der Waals surface area contributed by atoms with Crippen molar-refractivity contribution in [2.24, 2.45) is 11.8 Å². The number of hydrogen-bond acceptors (Lipinski definition) is 4. The van der Waals surface area contributed by atoms with Crippen molar-refractivity contribution < 1.29 is 14.3 Å². The van der Waals surface area contributed by atoms with Gasteiger partial charge in [0.05, 0.1) is 19.1 Å². The van der Waals surface area contributed by atoms with Gasteiger partial charge in [-0.15, -0.1) is 0 Å². The van der Waals surface area contributed by atoms with Crippen LogP contribution >= 0.6 is 0 Å². The Kier molecular flexibility index (Phi) is 3.55. The molecule has 2 amide bonds. The van der Waals surface area contributed by atoms with Crippen molar-refractivity contribution in [1.29, 1.82) is 0 Å². The Balaban J connectivity index is 1.78. The van der Waals surface area contributed by atoms with Gasteiger partial charge < -0.3 is 9.64 Å². The molecule has 0 aromatic rings. The average Bonchev–Trinajstić information content (AvgIpc) is 2.79. The molecule has 1 N–H and O–H groups in total. The smallest absolute Gasteiger partial charge is 0.230 e. The molecule has 0 aromatic heterocycles. The van der Waals surface area contributed by atoms with Gasteiger partial charge in [0.25, 0.3) is 0 Å². The Morgan fingerprint density at radius 1 is 1.21 bits per heavy atom. The van der Waals surface area contributed by atoms with Gasteiger partial charge in [0.1, 0.15) is 0 Å². The number of morpholine rings is 1. The van der Waals surface area contributed by atoms with Gasteiger partial charge in [-0.05, 0) is 19.3 Å². The SMILES string of the molecule is O=C1C[C@@H]([C@H]2CCCC=C2N2CCOCC2)C(=O)N1. The topological polar surface area (TPSA) is 58.6 Å². The minimum absolute atomic E-state index is 0.0870. The van der Waals surface area contributed by atoms with E-state index >= 15 is 0 Å². The van der Waals surface area contributed by atoms with Crippen molar-refractivity contribution >= 4 is 11.8 Å². The second-order valence-electron chi connectivity index (χ2n) is 5.49. The lowest BCUT2D eigenvalue weighted by Gasteiger charge is -2.38. The van der Waals surface area contributed by atoms with Crippen molar-refractivity contribution in [3.8, 4) is 0 Å². The summed E-state index contributed by atoms with van der Waals surface area (Å²) in [6.45, 7) is 3.29. The first-order valence-electron chi connectivity index (χ1n) is 7.12. The third-order valence-electron chi connectivity index (χ3n) is 4.32. The van der Waals surface area contributed by atoms with Gasteiger partial charge in [0.2, 0.25) is 11.8 Å². The molecule has 2 saturated heterocycles. The highest BCUT2D eigenvalue weighted by Crippen LogP contribution is 2.36. The van der Waals surface area contributed by atoms with Crippen molar-refractivity contribution in [3.63, 3.8) is 0 Å². The summed E-state index contributed by atoms with van der Waals surface area (Å²) in [4.78, 5) is 25.7. The molecule has 1 aliphatic carbocycles. The van der Waals surface area contributed by atoms with Crippen LogP contribution in [0.15, 0.2) is 11.8 Å². The molecule has 0 spiro atoms. The maximum Gasteiger partial charge on any atom is 0.230 e. The molecule has 5 heteroatoms. The molecular formula is C14H20N2O3. The van der Waals surface area contributed by atoms with E-state index in [4.69, 9.17) is 4.74 Å². The van der Waals surface area contributed by atoms with Gasteiger partial charge in [0.15, 0.2) is 0 Å². The van der Waals surface area contributed by atoms with E-state index in [0.29, 0.717) is 6.42 Å².